The summed E-state index contributed by atoms with van der Waals surface area (Å²) in [6, 6.07) is 6.67. The highest BCUT2D eigenvalue weighted by molar-refractivity contribution is 7.98. The van der Waals surface area contributed by atoms with Gasteiger partial charge in [-0.05, 0) is 38.2 Å². The molecule has 0 bridgehead atoms. The fraction of sp³-hybridized carbons (Fsp3) is 0.714. The molecule has 2 heterocycles. The van der Waals surface area contributed by atoms with E-state index in [2.05, 4.69) is 28.0 Å². The van der Waals surface area contributed by atoms with E-state index in [0.717, 1.165) is 30.8 Å². The van der Waals surface area contributed by atoms with Gasteiger partial charge in [-0.3, -0.25) is 14.7 Å². The van der Waals surface area contributed by atoms with E-state index in [-0.39, 0.29) is 12.0 Å². The molecule has 2 atom stereocenters. The average molecular weight is 392 g/mol. The van der Waals surface area contributed by atoms with Crippen LogP contribution >= 0.6 is 11.8 Å². The number of nitrogens with zero attached hydrogens (tertiary/aromatic N) is 3. The molecule has 1 aromatic heterocycles. The fourth-order valence-corrected chi connectivity index (χ4v) is 4.88. The molecule has 0 N–H and O–H groups in total. The van der Waals surface area contributed by atoms with Crippen molar-refractivity contribution in [2.24, 2.45) is 0 Å². The van der Waals surface area contributed by atoms with Crippen molar-refractivity contribution in [2.75, 3.05) is 31.6 Å². The van der Waals surface area contributed by atoms with E-state index >= 15 is 0 Å². The van der Waals surface area contributed by atoms with Crippen LogP contribution in [-0.2, 0) is 16.1 Å². The van der Waals surface area contributed by atoms with E-state index < -0.39 is 0 Å². The molecule has 2 aliphatic rings. The zero-order chi connectivity index (χ0) is 19.1. The third-order valence-electron chi connectivity index (χ3n) is 5.74. The second-order valence-electron chi connectivity index (χ2n) is 7.83. The number of hydrogen-bond acceptors (Lipinski definition) is 5. The van der Waals surface area contributed by atoms with Crippen molar-refractivity contribution in [3.63, 3.8) is 0 Å². The number of aromatic nitrogens is 1. The van der Waals surface area contributed by atoms with Crippen LogP contribution in [0.15, 0.2) is 24.4 Å². The lowest BCUT2D eigenvalue weighted by Gasteiger charge is -2.35. The third-order valence-corrected chi connectivity index (χ3v) is 6.55. The number of hydrogen-bond donors (Lipinski definition) is 0. The molecule has 1 amide bonds. The summed E-state index contributed by atoms with van der Waals surface area (Å²) in [6.45, 7) is 4.75. The van der Waals surface area contributed by atoms with Crippen molar-refractivity contribution in [2.45, 2.75) is 63.8 Å². The van der Waals surface area contributed by atoms with Crippen LogP contribution in [0.25, 0.3) is 0 Å². The van der Waals surface area contributed by atoms with Gasteiger partial charge in [0.25, 0.3) is 0 Å². The summed E-state index contributed by atoms with van der Waals surface area (Å²) in [5.41, 5.74) is 0.945. The summed E-state index contributed by atoms with van der Waals surface area (Å²) in [6.07, 6.45) is 10.0. The predicted octanol–water partition coefficient (Wildman–Crippen LogP) is 3.20. The predicted molar refractivity (Wildman–Crippen MR) is 111 cm³/mol. The minimum atomic E-state index is 0.0321. The molecule has 1 aliphatic carbocycles. The van der Waals surface area contributed by atoms with Gasteiger partial charge >= 0.3 is 0 Å². The first-order valence-corrected chi connectivity index (χ1v) is 11.6. The van der Waals surface area contributed by atoms with Gasteiger partial charge in [0.1, 0.15) is 0 Å². The van der Waals surface area contributed by atoms with E-state index in [1.54, 1.807) is 6.20 Å². The van der Waals surface area contributed by atoms with Crippen molar-refractivity contribution in [3.8, 4) is 0 Å². The lowest BCUT2D eigenvalue weighted by Crippen LogP contribution is -2.46. The van der Waals surface area contributed by atoms with Crippen LogP contribution in [0, 0.1) is 0 Å². The molecular formula is C21H33N3O2S. The van der Waals surface area contributed by atoms with Crippen LogP contribution in [0.4, 0.5) is 0 Å². The standard InChI is InChI=1S/C21H33N3O2S/c1-17(16-27-2)23-12-20(26-15-18-8-6-7-11-22-18)13-24(21(25)14-23)19-9-4-3-5-10-19/h6-8,11,17,19-20H,3-5,9-10,12-16H2,1-2H3/t17-,20-/m1/s1. The highest BCUT2D eigenvalue weighted by atomic mass is 32.2. The van der Waals surface area contributed by atoms with Gasteiger partial charge in [-0.1, -0.05) is 25.3 Å². The van der Waals surface area contributed by atoms with Gasteiger partial charge in [0.15, 0.2) is 0 Å². The molecule has 0 unspecified atom stereocenters. The molecule has 1 saturated carbocycles. The Morgan fingerprint density at radius 3 is 2.78 bits per heavy atom. The minimum absolute atomic E-state index is 0.0321. The van der Waals surface area contributed by atoms with Gasteiger partial charge < -0.3 is 9.64 Å². The Morgan fingerprint density at radius 1 is 1.26 bits per heavy atom. The Morgan fingerprint density at radius 2 is 2.07 bits per heavy atom. The van der Waals surface area contributed by atoms with Gasteiger partial charge in [-0.15, -0.1) is 0 Å². The molecular weight excluding hydrogens is 358 g/mol. The Kier molecular flexibility index (Phi) is 7.97. The maximum Gasteiger partial charge on any atom is 0.237 e. The van der Waals surface area contributed by atoms with Crippen LogP contribution < -0.4 is 0 Å². The molecule has 27 heavy (non-hydrogen) atoms. The van der Waals surface area contributed by atoms with Crippen LogP contribution in [0.5, 0.6) is 0 Å². The van der Waals surface area contributed by atoms with Gasteiger partial charge in [0.05, 0.1) is 24.9 Å². The van der Waals surface area contributed by atoms with Gasteiger partial charge in [0.2, 0.25) is 5.91 Å². The Balaban J connectivity index is 1.70. The monoisotopic (exact) mass is 391 g/mol. The number of thioether (sulfide) groups is 1. The lowest BCUT2D eigenvalue weighted by molar-refractivity contribution is -0.135. The summed E-state index contributed by atoms with van der Waals surface area (Å²) >= 11 is 1.83. The molecule has 2 fully saturated rings. The fourth-order valence-electron chi connectivity index (χ4n) is 4.19. The average Bonchev–Trinajstić information content (AvgIpc) is 2.87. The van der Waals surface area contributed by atoms with E-state index in [1.807, 2.05) is 30.0 Å². The number of pyridine rings is 1. The van der Waals surface area contributed by atoms with Gasteiger partial charge in [-0.25, -0.2) is 0 Å². The second kappa shape index (κ2) is 10.4. The quantitative estimate of drug-likeness (QED) is 0.714. The molecule has 3 rings (SSSR count). The zero-order valence-electron chi connectivity index (χ0n) is 16.7. The van der Waals surface area contributed by atoms with Gasteiger partial charge in [0, 0.05) is 37.1 Å². The normalized spacial score (nSPS) is 24.0. The number of rotatable bonds is 7. The van der Waals surface area contributed by atoms with Crippen molar-refractivity contribution in [1.82, 2.24) is 14.8 Å². The maximum absolute atomic E-state index is 13.1. The topological polar surface area (TPSA) is 45.7 Å². The second-order valence-corrected chi connectivity index (χ2v) is 8.74. The molecule has 1 saturated heterocycles. The number of amides is 1. The number of carbonyl (C=O) groups is 1. The Hall–Kier alpha value is -1.11. The molecule has 150 valence electrons. The minimum Gasteiger partial charge on any atom is -0.369 e. The van der Waals surface area contributed by atoms with Crippen molar-refractivity contribution in [3.05, 3.63) is 30.1 Å². The molecule has 5 nitrogen and oxygen atoms in total. The van der Waals surface area contributed by atoms with Gasteiger partial charge in [-0.2, -0.15) is 11.8 Å². The summed E-state index contributed by atoms with van der Waals surface area (Å²) < 4.78 is 6.27. The highest BCUT2D eigenvalue weighted by Crippen LogP contribution is 2.25. The summed E-state index contributed by atoms with van der Waals surface area (Å²) in [7, 11) is 0. The number of ether oxygens (including phenoxy) is 1. The highest BCUT2D eigenvalue weighted by Gasteiger charge is 2.34. The van der Waals surface area contributed by atoms with E-state index in [0.29, 0.717) is 31.8 Å². The van der Waals surface area contributed by atoms with E-state index in [9.17, 15) is 4.79 Å². The van der Waals surface area contributed by atoms with Crippen molar-refractivity contribution >= 4 is 17.7 Å². The van der Waals surface area contributed by atoms with Crippen LogP contribution in [0.1, 0.15) is 44.7 Å². The molecule has 0 aromatic carbocycles. The first-order chi connectivity index (χ1) is 13.2. The zero-order valence-corrected chi connectivity index (χ0v) is 17.5. The smallest absolute Gasteiger partial charge is 0.237 e. The van der Waals surface area contributed by atoms with E-state index in [1.165, 1.54) is 19.3 Å². The van der Waals surface area contributed by atoms with E-state index in [4.69, 9.17) is 4.74 Å². The molecule has 1 aromatic rings. The Labute approximate surface area is 167 Å². The third kappa shape index (κ3) is 5.93. The number of carbonyl (C=O) groups excluding carboxylic acids is 1. The molecule has 6 heteroatoms. The maximum atomic E-state index is 13.1. The summed E-state index contributed by atoms with van der Waals surface area (Å²) in [5, 5.41) is 0. The van der Waals surface area contributed by atoms with Crippen molar-refractivity contribution in [1.29, 1.82) is 0 Å². The lowest BCUT2D eigenvalue weighted by atomic mass is 9.94. The molecule has 0 spiro atoms. The largest absolute Gasteiger partial charge is 0.369 e. The Bertz CT molecular complexity index is 580. The summed E-state index contributed by atoms with van der Waals surface area (Å²) in [5.74, 6) is 1.31. The van der Waals surface area contributed by atoms with Crippen LogP contribution in [-0.4, -0.2) is 70.5 Å². The molecule has 0 radical (unpaired) electrons. The van der Waals surface area contributed by atoms with Crippen LogP contribution in [0.3, 0.4) is 0 Å². The van der Waals surface area contributed by atoms with Crippen LogP contribution in [0.2, 0.25) is 0 Å². The first-order valence-electron chi connectivity index (χ1n) is 10.2. The SMILES string of the molecule is CSC[C@@H](C)N1CC(=O)N(C2CCCCC2)C[C@H](OCc2ccccn2)C1. The first kappa shape index (κ1) is 20.6. The summed E-state index contributed by atoms with van der Waals surface area (Å²) in [4.78, 5) is 21.9. The van der Waals surface area contributed by atoms with Crippen molar-refractivity contribution < 1.29 is 9.53 Å². The molecule has 1 aliphatic heterocycles.